The minimum atomic E-state index is 0. The Labute approximate surface area is 120 Å². The molecule has 1 heterocycles. The van der Waals surface area contributed by atoms with Crippen LogP contribution in [0.5, 0.6) is 0 Å². The van der Waals surface area contributed by atoms with E-state index >= 15 is 0 Å². The third-order valence-corrected chi connectivity index (χ3v) is 2.94. The quantitative estimate of drug-likeness (QED) is 0.893. The molecule has 106 valence electrons. The molecule has 4 nitrogen and oxygen atoms in total. The minimum Gasteiger partial charge on any atom is -0.378 e. The molecule has 1 saturated heterocycles. The van der Waals surface area contributed by atoms with E-state index < -0.39 is 0 Å². The average Bonchev–Trinajstić information content (AvgIpc) is 2.28. The van der Waals surface area contributed by atoms with Gasteiger partial charge in [-0.2, -0.15) is 0 Å². The monoisotopic (exact) mass is 284 g/mol. The maximum absolute atomic E-state index is 11.9. The molecule has 2 N–H and O–H groups in total. The van der Waals surface area contributed by atoms with Crippen LogP contribution in [0, 0.1) is 13.8 Å². The van der Waals surface area contributed by atoms with Crippen LogP contribution in [0.15, 0.2) is 18.2 Å². The van der Waals surface area contributed by atoms with Crippen molar-refractivity contribution in [1.82, 2.24) is 5.32 Å². The molecule has 1 aliphatic heterocycles. The molecule has 5 heteroatoms. The molecule has 1 fully saturated rings. The van der Waals surface area contributed by atoms with E-state index in [1.807, 2.05) is 26.0 Å². The standard InChI is InChI=1S/C14H20N2O2.ClH/c1-10-5-11(2)7-12(6-10)16-14(17)8-13-9-18-4-3-15-13;/h5-7,13,15H,3-4,8-9H2,1-2H3,(H,16,17);1H. The van der Waals surface area contributed by atoms with Crippen LogP contribution in [-0.4, -0.2) is 31.7 Å². The lowest BCUT2D eigenvalue weighted by Gasteiger charge is -2.23. The lowest BCUT2D eigenvalue weighted by Crippen LogP contribution is -2.43. The summed E-state index contributed by atoms with van der Waals surface area (Å²) in [5.74, 6) is 0.0306. The smallest absolute Gasteiger partial charge is 0.226 e. The van der Waals surface area contributed by atoms with Crippen LogP contribution in [0.2, 0.25) is 0 Å². The minimum absolute atomic E-state index is 0. The number of halogens is 1. The summed E-state index contributed by atoms with van der Waals surface area (Å²) in [7, 11) is 0. The van der Waals surface area contributed by atoms with Crippen LogP contribution in [0.3, 0.4) is 0 Å². The van der Waals surface area contributed by atoms with Gasteiger partial charge in [-0.25, -0.2) is 0 Å². The highest BCUT2D eigenvalue weighted by atomic mass is 35.5. The summed E-state index contributed by atoms with van der Waals surface area (Å²) < 4.78 is 5.33. The molecule has 1 aromatic carbocycles. The van der Waals surface area contributed by atoms with Crippen LogP contribution >= 0.6 is 12.4 Å². The first-order chi connectivity index (χ1) is 8.63. The highest BCUT2D eigenvalue weighted by Crippen LogP contribution is 2.14. The SMILES string of the molecule is Cc1cc(C)cc(NC(=O)CC2COCCN2)c1.Cl. The first-order valence-electron chi connectivity index (χ1n) is 6.33. The van der Waals surface area contributed by atoms with E-state index in [0.717, 1.165) is 30.0 Å². The van der Waals surface area contributed by atoms with E-state index in [9.17, 15) is 4.79 Å². The molecule has 0 bridgehead atoms. The molecule has 1 aromatic rings. The molecular formula is C14H21ClN2O2. The number of hydrogen-bond acceptors (Lipinski definition) is 3. The summed E-state index contributed by atoms with van der Waals surface area (Å²) in [4.78, 5) is 11.9. The van der Waals surface area contributed by atoms with Gasteiger partial charge >= 0.3 is 0 Å². The van der Waals surface area contributed by atoms with Crippen molar-refractivity contribution in [2.75, 3.05) is 25.1 Å². The Hall–Kier alpha value is -1.10. The van der Waals surface area contributed by atoms with Crippen LogP contribution in [0.25, 0.3) is 0 Å². The van der Waals surface area contributed by atoms with Gasteiger partial charge in [0.2, 0.25) is 5.91 Å². The highest BCUT2D eigenvalue weighted by Gasteiger charge is 2.16. The average molecular weight is 285 g/mol. The number of rotatable bonds is 3. The number of hydrogen-bond donors (Lipinski definition) is 2. The zero-order valence-corrected chi connectivity index (χ0v) is 12.2. The second-order valence-corrected chi connectivity index (χ2v) is 4.85. The predicted octanol–water partition coefficient (Wildman–Crippen LogP) is 2.04. The number of benzene rings is 1. The molecule has 0 saturated carbocycles. The maximum atomic E-state index is 11.9. The van der Waals surface area contributed by atoms with Crippen molar-refractivity contribution >= 4 is 24.0 Å². The zero-order chi connectivity index (χ0) is 13.0. The number of nitrogens with one attached hydrogen (secondary N) is 2. The lowest BCUT2D eigenvalue weighted by atomic mass is 10.1. The molecule has 1 aliphatic rings. The van der Waals surface area contributed by atoms with Crippen LogP contribution < -0.4 is 10.6 Å². The predicted molar refractivity (Wildman–Crippen MR) is 79.0 cm³/mol. The van der Waals surface area contributed by atoms with Gasteiger partial charge in [-0.3, -0.25) is 4.79 Å². The van der Waals surface area contributed by atoms with E-state index in [2.05, 4.69) is 16.7 Å². The molecule has 0 aromatic heterocycles. The van der Waals surface area contributed by atoms with Gasteiger partial charge in [0.1, 0.15) is 0 Å². The fourth-order valence-electron chi connectivity index (χ4n) is 2.23. The van der Waals surface area contributed by atoms with Crippen molar-refractivity contribution < 1.29 is 9.53 Å². The van der Waals surface area contributed by atoms with Crippen LogP contribution in [0.4, 0.5) is 5.69 Å². The third kappa shape index (κ3) is 5.19. The second kappa shape index (κ2) is 7.48. The molecule has 0 spiro atoms. The Kier molecular flexibility index (Phi) is 6.28. The fourth-order valence-corrected chi connectivity index (χ4v) is 2.23. The van der Waals surface area contributed by atoms with Crippen molar-refractivity contribution in [2.24, 2.45) is 0 Å². The Balaban J connectivity index is 0.00000180. The molecule has 19 heavy (non-hydrogen) atoms. The fraction of sp³-hybridized carbons (Fsp3) is 0.500. The van der Waals surface area contributed by atoms with Gasteiger partial charge in [-0.05, 0) is 37.1 Å². The summed E-state index contributed by atoms with van der Waals surface area (Å²) in [5, 5.41) is 6.21. The number of aryl methyl sites for hydroxylation is 2. The molecule has 1 atom stereocenters. The van der Waals surface area contributed by atoms with Gasteiger partial charge in [0.25, 0.3) is 0 Å². The Morgan fingerprint density at radius 2 is 2.05 bits per heavy atom. The first kappa shape index (κ1) is 16.0. The molecular weight excluding hydrogens is 264 g/mol. The molecule has 1 amide bonds. The van der Waals surface area contributed by atoms with E-state index in [1.54, 1.807) is 0 Å². The largest absolute Gasteiger partial charge is 0.378 e. The van der Waals surface area contributed by atoms with Gasteiger partial charge in [0, 0.05) is 24.7 Å². The van der Waals surface area contributed by atoms with Gasteiger partial charge < -0.3 is 15.4 Å². The van der Waals surface area contributed by atoms with Crippen molar-refractivity contribution in [3.05, 3.63) is 29.3 Å². The van der Waals surface area contributed by atoms with Crippen LogP contribution in [-0.2, 0) is 9.53 Å². The van der Waals surface area contributed by atoms with E-state index in [4.69, 9.17) is 4.74 Å². The maximum Gasteiger partial charge on any atom is 0.226 e. The topological polar surface area (TPSA) is 50.4 Å². The normalized spacial score (nSPS) is 18.5. The molecule has 1 unspecified atom stereocenters. The number of anilines is 1. The van der Waals surface area contributed by atoms with Crippen molar-refractivity contribution in [3.8, 4) is 0 Å². The van der Waals surface area contributed by atoms with Crippen LogP contribution in [0.1, 0.15) is 17.5 Å². The summed E-state index contributed by atoms with van der Waals surface area (Å²) in [5.41, 5.74) is 3.18. The number of ether oxygens (including phenoxy) is 1. The van der Waals surface area contributed by atoms with Crippen molar-refractivity contribution in [2.45, 2.75) is 26.3 Å². The Bertz CT molecular complexity index is 411. The van der Waals surface area contributed by atoms with E-state index in [0.29, 0.717) is 13.0 Å². The van der Waals surface area contributed by atoms with Gasteiger partial charge in [-0.1, -0.05) is 6.07 Å². The van der Waals surface area contributed by atoms with E-state index in [1.165, 1.54) is 0 Å². The number of morpholine rings is 1. The Morgan fingerprint density at radius 1 is 1.37 bits per heavy atom. The number of carbonyl (C=O) groups excluding carboxylic acids is 1. The summed E-state index contributed by atoms with van der Waals surface area (Å²) in [6.45, 7) is 6.22. The zero-order valence-electron chi connectivity index (χ0n) is 11.4. The number of carbonyl (C=O) groups is 1. The van der Waals surface area contributed by atoms with Crippen molar-refractivity contribution in [3.63, 3.8) is 0 Å². The van der Waals surface area contributed by atoms with Gasteiger partial charge in [0.05, 0.1) is 13.2 Å². The summed E-state index contributed by atoms with van der Waals surface area (Å²) in [6.07, 6.45) is 0.451. The van der Waals surface area contributed by atoms with Crippen molar-refractivity contribution in [1.29, 1.82) is 0 Å². The summed E-state index contributed by atoms with van der Waals surface area (Å²) >= 11 is 0. The van der Waals surface area contributed by atoms with Gasteiger partial charge in [-0.15, -0.1) is 12.4 Å². The second-order valence-electron chi connectivity index (χ2n) is 4.85. The lowest BCUT2D eigenvalue weighted by molar-refractivity contribution is -0.117. The van der Waals surface area contributed by atoms with E-state index in [-0.39, 0.29) is 24.4 Å². The first-order valence-corrected chi connectivity index (χ1v) is 6.33. The summed E-state index contributed by atoms with van der Waals surface area (Å²) in [6, 6.07) is 6.18. The molecule has 2 rings (SSSR count). The van der Waals surface area contributed by atoms with Gasteiger partial charge in [0.15, 0.2) is 0 Å². The molecule has 0 radical (unpaired) electrons. The highest BCUT2D eigenvalue weighted by molar-refractivity contribution is 5.91. The molecule has 0 aliphatic carbocycles. The third-order valence-electron chi connectivity index (χ3n) is 2.94. The number of amides is 1. The Morgan fingerprint density at radius 3 is 2.63 bits per heavy atom.